The fourth-order valence-corrected chi connectivity index (χ4v) is 3.60. The number of halogens is 3. The first kappa shape index (κ1) is 24.2. The Morgan fingerprint density at radius 3 is 2.45 bits per heavy atom. The van der Waals surface area contributed by atoms with Crippen LogP contribution >= 0.6 is 27.5 Å². The van der Waals surface area contributed by atoms with Crippen LogP contribution in [0.3, 0.4) is 0 Å². The van der Waals surface area contributed by atoms with Crippen LogP contribution in [0.5, 0.6) is 17.2 Å². The Balaban J connectivity index is 1.90. The summed E-state index contributed by atoms with van der Waals surface area (Å²) < 4.78 is 25.2. The molecule has 3 aromatic rings. The summed E-state index contributed by atoms with van der Waals surface area (Å²) in [5, 5.41) is 25.5. The number of ether oxygens (including phenoxy) is 2. The third kappa shape index (κ3) is 5.88. The topological polar surface area (TPSA) is 117 Å². The van der Waals surface area contributed by atoms with Crippen LogP contribution in [0.4, 0.5) is 21.5 Å². The average molecular weight is 541 g/mol. The molecule has 0 spiro atoms. The van der Waals surface area contributed by atoms with Crippen molar-refractivity contribution < 1.29 is 23.7 Å². The van der Waals surface area contributed by atoms with Gasteiger partial charge in [0.15, 0.2) is 11.5 Å². The molecule has 0 heterocycles. The molecule has 0 saturated carbocycles. The summed E-state index contributed by atoms with van der Waals surface area (Å²) >= 11 is 9.19. The van der Waals surface area contributed by atoms with Crippen molar-refractivity contribution in [2.24, 2.45) is 0 Å². The third-order valence-corrected chi connectivity index (χ3v) is 5.23. The second-order valence-electron chi connectivity index (χ2n) is 6.59. The van der Waals surface area contributed by atoms with E-state index in [1.165, 1.54) is 12.1 Å². The van der Waals surface area contributed by atoms with Crippen molar-refractivity contribution in [3.63, 3.8) is 0 Å². The van der Waals surface area contributed by atoms with Gasteiger partial charge in [-0.25, -0.2) is 4.39 Å². The zero-order chi connectivity index (χ0) is 24.1. The quantitative estimate of drug-likeness (QED) is 0.233. The molecular formula is C21H16BrClFN3O6. The molecule has 3 aromatic carbocycles. The minimum Gasteiger partial charge on any atom is -0.490 e. The van der Waals surface area contributed by atoms with Gasteiger partial charge < -0.3 is 14.8 Å². The van der Waals surface area contributed by atoms with Gasteiger partial charge in [-0.15, -0.1) is 0 Å². The summed E-state index contributed by atoms with van der Waals surface area (Å²) in [6, 6.07) is 10.8. The molecule has 1 N–H and O–H groups in total. The smallest absolute Gasteiger partial charge is 0.318 e. The number of nitrogens with one attached hydrogen (secondary N) is 1. The monoisotopic (exact) mass is 539 g/mol. The zero-order valence-electron chi connectivity index (χ0n) is 17.0. The summed E-state index contributed by atoms with van der Waals surface area (Å²) in [7, 11) is 0. The molecule has 0 fully saturated rings. The maximum absolute atomic E-state index is 13.3. The van der Waals surface area contributed by atoms with Crippen molar-refractivity contribution in [1.82, 2.24) is 0 Å². The number of anilines is 1. The normalized spacial score (nSPS) is 10.5. The number of nitrogens with zero attached hydrogens (tertiary/aromatic N) is 2. The molecule has 9 nitrogen and oxygen atoms in total. The van der Waals surface area contributed by atoms with E-state index in [1.54, 1.807) is 25.1 Å². The van der Waals surface area contributed by atoms with Gasteiger partial charge in [0.1, 0.15) is 5.82 Å². The standard InChI is InChI=1S/C21H16BrClFN3O6/c1-2-32-20-8-12(11-25-13-3-5-17(24)16(23)9-13)7-15(22)21(20)33-19-6-4-14(26(28)29)10-18(19)27(30)31/h3-10,25H,2,11H2,1H3. The van der Waals surface area contributed by atoms with E-state index < -0.39 is 27.0 Å². The molecule has 0 atom stereocenters. The fourth-order valence-electron chi connectivity index (χ4n) is 2.85. The highest BCUT2D eigenvalue weighted by Gasteiger charge is 2.23. The molecule has 172 valence electrons. The minimum atomic E-state index is -0.761. The maximum atomic E-state index is 13.3. The van der Waals surface area contributed by atoms with Gasteiger partial charge in [0.25, 0.3) is 5.69 Å². The van der Waals surface area contributed by atoms with Crippen LogP contribution < -0.4 is 14.8 Å². The molecule has 0 aliphatic heterocycles. The molecular weight excluding hydrogens is 525 g/mol. The zero-order valence-corrected chi connectivity index (χ0v) is 19.4. The summed E-state index contributed by atoms with van der Waals surface area (Å²) in [5.74, 6) is -0.236. The van der Waals surface area contributed by atoms with Crippen LogP contribution in [0.2, 0.25) is 5.02 Å². The van der Waals surface area contributed by atoms with E-state index in [4.69, 9.17) is 21.1 Å². The number of nitro benzene ring substituents is 2. The largest absolute Gasteiger partial charge is 0.490 e. The molecule has 0 radical (unpaired) electrons. The van der Waals surface area contributed by atoms with E-state index in [1.807, 2.05) is 0 Å². The number of benzene rings is 3. The predicted molar refractivity (Wildman–Crippen MR) is 124 cm³/mol. The highest BCUT2D eigenvalue weighted by Crippen LogP contribution is 2.43. The van der Waals surface area contributed by atoms with E-state index in [2.05, 4.69) is 21.2 Å². The van der Waals surface area contributed by atoms with Crippen LogP contribution in [-0.4, -0.2) is 16.5 Å². The third-order valence-electron chi connectivity index (χ3n) is 4.35. The second kappa shape index (κ2) is 10.5. The number of rotatable bonds is 9. The molecule has 0 amide bonds. The van der Waals surface area contributed by atoms with Gasteiger partial charge in [-0.3, -0.25) is 20.2 Å². The Hall–Kier alpha value is -3.44. The van der Waals surface area contributed by atoms with Crippen LogP contribution in [-0.2, 0) is 6.54 Å². The average Bonchev–Trinajstić information content (AvgIpc) is 2.77. The Morgan fingerprint density at radius 2 is 1.82 bits per heavy atom. The summed E-state index contributed by atoms with van der Waals surface area (Å²) in [6.45, 7) is 2.38. The maximum Gasteiger partial charge on any atom is 0.318 e. The van der Waals surface area contributed by atoms with E-state index in [0.29, 0.717) is 22.5 Å². The van der Waals surface area contributed by atoms with E-state index >= 15 is 0 Å². The van der Waals surface area contributed by atoms with Gasteiger partial charge in [0, 0.05) is 18.3 Å². The molecule has 3 rings (SSSR count). The van der Waals surface area contributed by atoms with Crippen molar-refractivity contribution in [2.45, 2.75) is 13.5 Å². The SMILES string of the molecule is CCOc1cc(CNc2ccc(F)c(Cl)c2)cc(Br)c1Oc1ccc([N+](=O)[O-])cc1[N+](=O)[O-]. The van der Waals surface area contributed by atoms with Gasteiger partial charge in [-0.05, 0) is 64.8 Å². The van der Waals surface area contributed by atoms with Crippen molar-refractivity contribution in [2.75, 3.05) is 11.9 Å². The van der Waals surface area contributed by atoms with Crippen molar-refractivity contribution in [3.8, 4) is 17.2 Å². The van der Waals surface area contributed by atoms with Crippen molar-refractivity contribution in [3.05, 3.63) is 89.6 Å². The Morgan fingerprint density at radius 1 is 1.06 bits per heavy atom. The first-order valence-corrected chi connectivity index (χ1v) is 10.6. The lowest BCUT2D eigenvalue weighted by atomic mass is 10.2. The number of hydrogen-bond donors (Lipinski definition) is 1. The first-order chi connectivity index (χ1) is 15.7. The summed E-state index contributed by atoms with van der Waals surface area (Å²) in [5.41, 5.74) is 0.381. The fraction of sp³-hybridized carbons (Fsp3) is 0.143. The number of hydrogen-bond acceptors (Lipinski definition) is 7. The number of non-ortho nitro benzene ring substituents is 1. The van der Waals surface area contributed by atoms with Crippen LogP contribution in [0.15, 0.2) is 53.0 Å². The lowest BCUT2D eigenvalue weighted by Gasteiger charge is -2.16. The minimum absolute atomic E-state index is 0.00961. The second-order valence-corrected chi connectivity index (χ2v) is 7.85. The van der Waals surface area contributed by atoms with Crippen LogP contribution in [0, 0.1) is 26.0 Å². The Labute approximate surface area is 200 Å². The highest BCUT2D eigenvalue weighted by molar-refractivity contribution is 9.10. The van der Waals surface area contributed by atoms with E-state index in [9.17, 15) is 24.6 Å². The van der Waals surface area contributed by atoms with Crippen molar-refractivity contribution in [1.29, 1.82) is 0 Å². The van der Waals surface area contributed by atoms with Gasteiger partial charge >= 0.3 is 5.69 Å². The van der Waals surface area contributed by atoms with Gasteiger partial charge in [-0.2, -0.15) is 0 Å². The summed E-state index contributed by atoms with van der Waals surface area (Å²) in [6.07, 6.45) is 0. The lowest BCUT2D eigenvalue weighted by Crippen LogP contribution is -2.03. The molecule has 0 saturated heterocycles. The molecule has 0 unspecified atom stereocenters. The van der Waals surface area contributed by atoms with Gasteiger partial charge in [-0.1, -0.05) is 11.6 Å². The van der Waals surface area contributed by atoms with E-state index in [-0.39, 0.29) is 23.1 Å². The molecule has 0 aliphatic carbocycles. The molecule has 12 heteroatoms. The molecule has 33 heavy (non-hydrogen) atoms. The van der Waals surface area contributed by atoms with E-state index in [0.717, 1.165) is 23.8 Å². The number of nitro groups is 2. The Bertz CT molecular complexity index is 1230. The van der Waals surface area contributed by atoms with Crippen LogP contribution in [0.1, 0.15) is 12.5 Å². The van der Waals surface area contributed by atoms with Crippen molar-refractivity contribution >= 4 is 44.6 Å². The predicted octanol–water partition coefficient (Wildman–Crippen LogP) is 6.86. The van der Waals surface area contributed by atoms with Crippen LogP contribution in [0.25, 0.3) is 0 Å². The van der Waals surface area contributed by atoms with Gasteiger partial charge in [0.2, 0.25) is 5.75 Å². The lowest BCUT2D eigenvalue weighted by molar-refractivity contribution is -0.394. The highest BCUT2D eigenvalue weighted by atomic mass is 79.9. The molecule has 0 aliphatic rings. The first-order valence-electron chi connectivity index (χ1n) is 9.44. The molecule has 0 aromatic heterocycles. The molecule has 0 bridgehead atoms. The summed E-state index contributed by atoms with van der Waals surface area (Å²) in [4.78, 5) is 20.9. The van der Waals surface area contributed by atoms with Gasteiger partial charge in [0.05, 0.1) is 32.0 Å². The Kier molecular flexibility index (Phi) is 7.67.